The van der Waals surface area contributed by atoms with Gasteiger partial charge >= 0.3 is 0 Å². The fraction of sp³-hybridized carbons (Fsp3) is 0.300. The molecule has 0 aliphatic carbocycles. The van der Waals surface area contributed by atoms with Crippen LogP contribution in [0.5, 0.6) is 5.75 Å². The minimum absolute atomic E-state index is 0.444. The number of benzene rings is 1. The fourth-order valence-corrected chi connectivity index (χ4v) is 1.24. The van der Waals surface area contributed by atoms with E-state index in [2.05, 4.69) is 0 Å². The van der Waals surface area contributed by atoms with Gasteiger partial charge in [-0.2, -0.15) is 0 Å². The highest BCUT2D eigenvalue weighted by Crippen LogP contribution is 2.25. The maximum Gasteiger partial charge on any atom is 0.128 e. The molecule has 0 bridgehead atoms. The Hall–Kier alpha value is -1.22. The van der Waals surface area contributed by atoms with Crippen LogP contribution in [0.2, 0.25) is 5.02 Å². The van der Waals surface area contributed by atoms with E-state index in [1.54, 1.807) is 12.1 Å². The van der Waals surface area contributed by atoms with Crippen molar-refractivity contribution < 1.29 is 14.6 Å². The van der Waals surface area contributed by atoms with Crippen LogP contribution in [0.25, 0.3) is 0 Å². The van der Waals surface area contributed by atoms with Crippen molar-refractivity contribution in [3.63, 3.8) is 0 Å². The van der Waals surface area contributed by atoms with E-state index in [1.165, 1.54) is 0 Å². The predicted octanol–water partition coefficient (Wildman–Crippen LogP) is 1.09. The van der Waals surface area contributed by atoms with Crippen molar-refractivity contribution in [1.82, 2.24) is 0 Å². The summed E-state index contributed by atoms with van der Waals surface area (Å²) in [7, 11) is 0. The van der Waals surface area contributed by atoms with Crippen molar-refractivity contribution in [3.8, 4) is 5.75 Å². The lowest BCUT2D eigenvalue weighted by molar-refractivity contribution is -0.307. The quantitative estimate of drug-likeness (QED) is 0.755. The van der Waals surface area contributed by atoms with Gasteiger partial charge in [0.05, 0.1) is 5.97 Å². The van der Waals surface area contributed by atoms with E-state index in [0.29, 0.717) is 10.8 Å². The van der Waals surface area contributed by atoms with E-state index in [9.17, 15) is 9.90 Å². The number of carbonyl (C=O) groups excluding carboxylic acids is 1. The first-order chi connectivity index (χ1) is 6.50. The van der Waals surface area contributed by atoms with Crippen molar-refractivity contribution in [1.29, 1.82) is 0 Å². The summed E-state index contributed by atoms with van der Waals surface area (Å²) in [4.78, 5) is 10.1. The number of halogens is 1. The standard InChI is InChI=1S/C10H11ClO3/c1-6-3-8(14-5-9(12)13)4-7(2)10(6)11/h3-4H,5H2,1-2H3,(H,12,13)/p-1. The number of ether oxygens (including phenoxy) is 1. The Morgan fingerprint density at radius 1 is 1.43 bits per heavy atom. The van der Waals surface area contributed by atoms with E-state index in [-0.39, 0.29) is 0 Å². The van der Waals surface area contributed by atoms with Crippen LogP contribution in [-0.4, -0.2) is 12.6 Å². The Kier molecular flexibility index (Phi) is 3.36. The lowest BCUT2D eigenvalue weighted by Gasteiger charge is -2.10. The molecule has 0 atom stereocenters. The van der Waals surface area contributed by atoms with Gasteiger partial charge in [0.2, 0.25) is 0 Å². The predicted molar refractivity (Wildman–Crippen MR) is 51.4 cm³/mol. The third-order valence-corrected chi connectivity index (χ3v) is 2.36. The van der Waals surface area contributed by atoms with Crippen molar-refractivity contribution in [2.24, 2.45) is 0 Å². The maximum absolute atomic E-state index is 10.1. The number of aryl methyl sites for hydroxylation is 2. The monoisotopic (exact) mass is 213 g/mol. The van der Waals surface area contributed by atoms with Gasteiger partial charge in [0.1, 0.15) is 12.4 Å². The van der Waals surface area contributed by atoms with Crippen LogP contribution in [0.4, 0.5) is 0 Å². The van der Waals surface area contributed by atoms with Crippen molar-refractivity contribution in [2.75, 3.05) is 6.61 Å². The molecule has 14 heavy (non-hydrogen) atoms. The first kappa shape index (κ1) is 10.9. The van der Waals surface area contributed by atoms with Crippen LogP contribution in [0.15, 0.2) is 12.1 Å². The maximum atomic E-state index is 10.1. The fourth-order valence-electron chi connectivity index (χ4n) is 1.13. The zero-order chi connectivity index (χ0) is 10.7. The molecule has 0 saturated carbocycles. The number of hydrogen-bond donors (Lipinski definition) is 0. The Balaban J connectivity index is 2.84. The lowest BCUT2D eigenvalue weighted by Crippen LogP contribution is -2.28. The first-order valence-corrected chi connectivity index (χ1v) is 4.48. The summed E-state index contributed by atoms with van der Waals surface area (Å²) in [5, 5.41) is 10.8. The van der Waals surface area contributed by atoms with Gasteiger partial charge in [0.15, 0.2) is 0 Å². The van der Waals surface area contributed by atoms with E-state index in [4.69, 9.17) is 16.3 Å². The second-order valence-corrected chi connectivity index (χ2v) is 3.41. The average molecular weight is 214 g/mol. The summed E-state index contributed by atoms with van der Waals surface area (Å²) in [6.45, 7) is 3.23. The normalized spacial score (nSPS) is 9.93. The Morgan fingerprint density at radius 2 is 1.93 bits per heavy atom. The highest BCUT2D eigenvalue weighted by molar-refractivity contribution is 6.32. The number of carboxylic acid groups (broad SMARTS) is 1. The topological polar surface area (TPSA) is 49.4 Å². The van der Waals surface area contributed by atoms with Gasteiger partial charge in [0, 0.05) is 5.02 Å². The molecule has 0 N–H and O–H groups in total. The first-order valence-electron chi connectivity index (χ1n) is 4.10. The van der Waals surface area contributed by atoms with Gasteiger partial charge in [-0.15, -0.1) is 0 Å². The summed E-state index contributed by atoms with van der Waals surface area (Å²) < 4.78 is 4.96. The molecule has 0 unspecified atom stereocenters. The number of rotatable bonds is 3. The van der Waals surface area contributed by atoms with Gasteiger partial charge in [-0.3, -0.25) is 0 Å². The van der Waals surface area contributed by atoms with Crippen LogP contribution in [-0.2, 0) is 4.79 Å². The summed E-state index contributed by atoms with van der Waals surface area (Å²) in [6.07, 6.45) is 0. The third-order valence-electron chi connectivity index (χ3n) is 1.77. The van der Waals surface area contributed by atoms with Crippen LogP contribution >= 0.6 is 11.6 Å². The van der Waals surface area contributed by atoms with Gasteiger partial charge < -0.3 is 14.6 Å². The molecule has 0 saturated heterocycles. The molecule has 0 aliphatic rings. The van der Waals surface area contributed by atoms with Crippen LogP contribution in [0, 0.1) is 13.8 Å². The van der Waals surface area contributed by atoms with Gasteiger partial charge in [-0.05, 0) is 37.1 Å². The second-order valence-electron chi connectivity index (χ2n) is 3.03. The van der Waals surface area contributed by atoms with Crippen LogP contribution < -0.4 is 9.84 Å². The Morgan fingerprint density at radius 3 is 2.36 bits per heavy atom. The molecule has 0 spiro atoms. The summed E-state index contributed by atoms with van der Waals surface area (Å²) in [5.41, 5.74) is 1.72. The molecule has 4 heteroatoms. The largest absolute Gasteiger partial charge is 0.546 e. The van der Waals surface area contributed by atoms with E-state index < -0.39 is 12.6 Å². The number of carbonyl (C=O) groups is 1. The minimum atomic E-state index is -1.24. The van der Waals surface area contributed by atoms with Gasteiger partial charge in [-0.25, -0.2) is 0 Å². The zero-order valence-corrected chi connectivity index (χ0v) is 8.72. The number of carboxylic acids is 1. The highest BCUT2D eigenvalue weighted by atomic mass is 35.5. The van der Waals surface area contributed by atoms with E-state index in [1.807, 2.05) is 13.8 Å². The van der Waals surface area contributed by atoms with Crippen molar-refractivity contribution in [3.05, 3.63) is 28.3 Å². The molecule has 0 amide bonds. The highest BCUT2D eigenvalue weighted by Gasteiger charge is 2.03. The molecule has 0 fully saturated rings. The zero-order valence-electron chi connectivity index (χ0n) is 7.96. The number of hydrogen-bond acceptors (Lipinski definition) is 3. The van der Waals surface area contributed by atoms with E-state index in [0.717, 1.165) is 11.1 Å². The molecule has 0 radical (unpaired) electrons. The molecule has 3 nitrogen and oxygen atoms in total. The summed E-state index contributed by atoms with van der Waals surface area (Å²) in [6, 6.07) is 3.39. The summed E-state index contributed by atoms with van der Waals surface area (Å²) in [5.74, 6) is -0.746. The third kappa shape index (κ3) is 2.64. The number of aliphatic carboxylic acids is 1. The SMILES string of the molecule is Cc1cc(OCC(=O)[O-])cc(C)c1Cl. The van der Waals surface area contributed by atoms with E-state index >= 15 is 0 Å². The van der Waals surface area contributed by atoms with Crippen molar-refractivity contribution in [2.45, 2.75) is 13.8 Å². The molecular formula is C10H10ClO3-. The Bertz CT molecular complexity index is 337. The molecule has 0 aromatic heterocycles. The van der Waals surface area contributed by atoms with Crippen LogP contribution in [0.3, 0.4) is 0 Å². The lowest BCUT2D eigenvalue weighted by atomic mass is 10.1. The van der Waals surface area contributed by atoms with Gasteiger partial charge in [-0.1, -0.05) is 11.6 Å². The molecule has 0 aliphatic heterocycles. The molecule has 76 valence electrons. The Labute approximate surface area is 87.3 Å². The van der Waals surface area contributed by atoms with Gasteiger partial charge in [0.25, 0.3) is 0 Å². The molecule has 1 rings (SSSR count). The molecule has 1 aromatic rings. The second kappa shape index (κ2) is 4.33. The average Bonchev–Trinajstić information content (AvgIpc) is 2.10. The van der Waals surface area contributed by atoms with Crippen molar-refractivity contribution >= 4 is 17.6 Å². The smallest absolute Gasteiger partial charge is 0.128 e. The van der Waals surface area contributed by atoms with Crippen LogP contribution in [0.1, 0.15) is 11.1 Å². The molecular weight excluding hydrogens is 204 g/mol. The molecule has 1 aromatic carbocycles. The molecule has 0 heterocycles. The minimum Gasteiger partial charge on any atom is -0.546 e. The summed E-state index contributed by atoms with van der Waals surface area (Å²) >= 11 is 5.93.